The molecule has 1 N–H and O–H groups in total. The van der Waals surface area contributed by atoms with E-state index in [2.05, 4.69) is 19.2 Å². The van der Waals surface area contributed by atoms with Gasteiger partial charge in [-0.05, 0) is 30.7 Å². The maximum atomic E-state index is 12.5. The summed E-state index contributed by atoms with van der Waals surface area (Å²) in [6, 6.07) is 2.15. The third kappa shape index (κ3) is 2.77. The number of carbonyl (C=O) groups is 1. The summed E-state index contributed by atoms with van der Waals surface area (Å²) in [7, 11) is 0. The summed E-state index contributed by atoms with van der Waals surface area (Å²) in [6.45, 7) is 4.50. The molecular weight excluding hydrogens is 250 g/mol. The molecule has 1 aromatic rings. The van der Waals surface area contributed by atoms with Crippen LogP contribution in [0.1, 0.15) is 69.7 Å². The number of nitrogens with one attached hydrogen (secondary N) is 1. The lowest BCUT2D eigenvalue weighted by Gasteiger charge is -2.35. The summed E-state index contributed by atoms with van der Waals surface area (Å²) >= 11 is 0. The van der Waals surface area contributed by atoms with Crippen molar-refractivity contribution < 1.29 is 9.21 Å². The second-order valence-corrected chi connectivity index (χ2v) is 7.24. The number of amides is 1. The molecule has 1 atom stereocenters. The summed E-state index contributed by atoms with van der Waals surface area (Å²) in [5, 5.41) is 3.29. The van der Waals surface area contributed by atoms with Crippen molar-refractivity contribution in [3.63, 3.8) is 0 Å². The van der Waals surface area contributed by atoms with Crippen molar-refractivity contribution in [2.75, 3.05) is 0 Å². The van der Waals surface area contributed by atoms with Crippen molar-refractivity contribution in [3.8, 4) is 0 Å². The standard InChI is InChI=1S/C17H25NO2/c1-17(2)10-14(13-8-9-20-15(13)11-17)18-16(19)12-6-4-3-5-7-12/h8-9,12,14H,3-7,10-11H2,1-2H3,(H,18,19). The van der Waals surface area contributed by atoms with Gasteiger partial charge in [0.15, 0.2) is 0 Å². The Labute approximate surface area is 121 Å². The van der Waals surface area contributed by atoms with Crippen LogP contribution < -0.4 is 5.32 Å². The first-order valence-electron chi connectivity index (χ1n) is 7.92. The Morgan fingerprint density at radius 3 is 2.80 bits per heavy atom. The van der Waals surface area contributed by atoms with Crippen molar-refractivity contribution in [1.29, 1.82) is 0 Å². The number of furan rings is 1. The van der Waals surface area contributed by atoms with Crippen LogP contribution in [0.3, 0.4) is 0 Å². The largest absolute Gasteiger partial charge is 0.469 e. The van der Waals surface area contributed by atoms with Crippen molar-refractivity contribution in [2.24, 2.45) is 11.3 Å². The number of hydrogen-bond donors (Lipinski definition) is 1. The molecule has 0 aromatic carbocycles. The zero-order chi connectivity index (χ0) is 14.2. The van der Waals surface area contributed by atoms with Gasteiger partial charge in [-0.2, -0.15) is 0 Å². The van der Waals surface area contributed by atoms with Crippen molar-refractivity contribution in [1.82, 2.24) is 5.32 Å². The Morgan fingerprint density at radius 1 is 1.30 bits per heavy atom. The Kier molecular flexibility index (Phi) is 3.61. The Hall–Kier alpha value is -1.25. The van der Waals surface area contributed by atoms with Gasteiger partial charge in [0.05, 0.1) is 12.3 Å². The smallest absolute Gasteiger partial charge is 0.223 e. The molecule has 1 fully saturated rings. The molecule has 3 nitrogen and oxygen atoms in total. The van der Waals surface area contributed by atoms with E-state index in [0.29, 0.717) is 0 Å². The lowest BCUT2D eigenvalue weighted by molar-refractivity contribution is -0.127. The molecule has 20 heavy (non-hydrogen) atoms. The first-order valence-corrected chi connectivity index (χ1v) is 7.92. The van der Waals surface area contributed by atoms with Crippen LogP contribution in [0.15, 0.2) is 16.7 Å². The molecule has 0 aliphatic heterocycles. The maximum absolute atomic E-state index is 12.5. The summed E-state index contributed by atoms with van der Waals surface area (Å²) < 4.78 is 5.60. The fourth-order valence-corrected chi connectivity index (χ4v) is 3.76. The lowest BCUT2D eigenvalue weighted by atomic mass is 9.74. The topological polar surface area (TPSA) is 42.2 Å². The van der Waals surface area contributed by atoms with Gasteiger partial charge in [-0.15, -0.1) is 0 Å². The van der Waals surface area contributed by atoms with E-state index in [-0.39, 0.29) is 23.3 Å². The van der Waals surface area contributed by atoms with Gasteiger partial charge in [0.2, 0.25) is 5.91 Å². The van der Waals surface area contributed by atoms with Crippen molar-refractivity contribution in [3.05, 3.63) is 23.7 Å². The first kappa shape index (κ1) is 13.7. The van der Waals surface area contributed by atoms with Crippen LogP contribution in [0, 0.1) is 11.3 Å². The molecule has 0 saturated heterocycles. The summed E-state index contributed by atoms with van der Waals surface area (Å²) in [6.07, 6.45) is 9.51. The average Bonchev–Trinajstić information content (AvgIpc) is 2.86. The van der Waals surface area contributed by atoms with E-state index in [0.717, 1.165) is 31.4 Å². The third-order valence-corrected chi connectivity index (χ3v) is 4.84. The van der Waals surface area contributed by atoms with Crippen LogP contribution in [0.5, 0.6) is 0 Å². The maximum Gasteiger partial charge on any atom is 0.223 e. The van der Waals surface area contributed by atoms with Gasteiger partial charge in [0.25, 0.3) is 0 Å². The second kappa shape index (κ2) is 5.27. The minimum Gasteiger partial charge on any atom is -0.469 e. The Bertz CT molecular complexity index is 483. The first-order chi connectivity index (χ1) is 9.55. The van der Waals surface area contributed by atoms with Gasteiger partial charge < -0.3 is 9.73 Å². The molecular formula is C17H25NO2. The zero-order valence-electron chi connectivity index (χ0n) is 12.6. The molecule has 1 heterocycles. The van der Waals surface area contributed by atoms with Crippen LogP contribution in [-0.2, 0) is 11.2 Å². The van der Waals surface area contributed by atoms with E-state index in [4.69, 9.17) is 4.42 Å². The summed E-state index contributed by atoms with van der Waals surface area (Å²) in [5.41, 5.74) is 1.38. The molecule has 3 rings (SSSR count). The molecule has 1 aromatic heterocycles. The number of fused-ring (bicyclic) bond motifs is 1. The van der Waals surface area contributed by atoms with E-state index in [9.17, 15) is 4.79 Å². The zero-order valence-corrected chi connectivity index (χ0v) is 12.6. The third-order valence-electron chi connectivity index (χ3n) is 4.84. The highest BCUT2D eigenvalue weighted by atomic mass is 16.3. The molecule has 110 valence electrons. The van der Waals surface area contributed by atoms with Gasteiger partial charge in [0, 0.05) is 17.9 Å². The molecule has 0 radical (unpaired) electrons. The van der Waals surface area contributed by atoms with Crippen LogP contribution in [0.25, 0.3) is 0 Å². The number of hydrogen-bond acceptors (Lipinski definition) is 2. The van der Waals surface area contributed by atoms with Crippen molar-refractivity contribution >= 4 is 5.91 Å². The highest BCUT2D eigenvalue weighted by molar-refractivity contribution is 5.79. The second-order valence-electron chi connectivity index (χ2n) is 7.24. The average molecular weight is 275 g/mol. The van der Waals surface area contributed by atoms with Crippen LogP contribution in [0.2, 0.25) is 0 Å². The molecule has 1 amide bonds. The van der Waals surface area contributed by atoms with Gasteiger partial charge in [-0.1, -0.05) is 33.1 Å². The minimum absolute atomic E-state index is 0.127. The number of carbonyl (C=O) groups excluding carboxylic acids is 1. The molecule has 3 heteroatoms. The van der Waals surface area contributed by atoms with Gasteiger partial charge in [0.1, 0.15) is 5.76 Å². The van der Waals surface area contributed by atoms with Gasteiger partial charge in [-0.3, -0.25) is 4.79 Å². The minimum atomic E-state index is 0.127. The molecule has 1 saturated carbocycles. The number of rotatable bonds is 2. The Morgan fingerprint density at radius 2 is 2.05 bits per heavy atom. The predicted molar refractivity (Wildman–Crippen MR) is 78.3 cm³/mol. The highest BCUT2D eigenvalue weighted by Gasteiger charge is 2.35. The normalized spacial score (nSPS) is 26.0. The van der Waals surface area contributed by atoms with Gasteiger partial charge >= 0.3 is 0 Å². The summed E-state index contributed by atoms with van der Waals surface area (Å²) in [4.78, 5) is 12.5. The highest BCUT2D eigenvalue weighted by Crippen LogP contribution is 2.41. The van der Waals surface area contributed by atoms with Crippen LogP contribution in [0.4, 0.5) is 0 Å². The fraction of sp³-hybridized carbons (Fsp3) is 0.706. The van der Waals surface area contributed by atoms with Crippen LogP contribution >= 0.6 is 0 Å². The lowest BCUT2D eigenvalue weighted by Crippen LogP contribution is -2.39. The molecule has 2 aliphatic carbocycles. The summed E-state index contributed by atoms with van der Waals surface area (Å²) in [5.74, 6) is 1.53. The molecule has 0 bridgehead atoms. The quantitative estimate of drug-likeness (QED) is 0.886. The van der Waals surface area contributed by atoms with Gasteiger partial charge in [-0.25, -0.2) is 0 Å². The van der Waals surface area contributed by atoms with E-state index < -0.39 is 0 Å². The fourth-order valence-electron chi connectivity index (χ4n) is 3.76. The predicted octanol–water partition coefficient (Wildman–Crippen LogP) is 3.99. The molecule has 0 spiro atoms. The molecule has 1 unspecified atom stereocenters. The Balaban J connectivity index is 1.72. The van der Waals surface area contributed by atoms with E-state index in [1.54, 1.807) is 6.26 Å². The monoisotopic (exact) mass is 275 g/mol. The van der Waals surface area contributed by atoms with E-state index >= 15 is 0 Å². The van der Waals surface area contributed by atoms with Crippen LogP contribution in [-0.4, -0.2) is 5.91 Å². The van der Waals surface area contributed by atoms with E-state index in [1.165, 1.54) is 24.8 Å². The van der Waals surface area contributed by atoms with Crippen molar-refractivity contribution in [2.45, 2.75) is 64.8 Å². The van der Waals surface area contributed by atoms with E-state index in [1.807, 2.05) is 6.07 Å². The molecule has 2 aliphatic rings. The SMILES string of the molecule is CC1(C)Cc2occc2C(NC(=O)C2CCCCC2)C1.